The van der Waals surface area contributed by atoms with Gasteiger partial charge in [0.15, 0.2) is 0 Å². The van der Waals surface area contributed by atoms with E-state index in [1.807, 2.05) is 0 Å². The van der Waals surface area contributed by atoms with E-state index in [4.69, 9.17) is 17.3 Å². The number of nitrogens with one attached hydrogen (secondary N) is 1. The van der Waals surface area contributed by atoms with Crippen LogP contribution in [0.1, 0.15) is 32.6 Å². The fourth-order valence-electron chi connectivity index (χ4n) is 2.46. The van der Waals surface area contributed by atoms with Crippen LogP contribution in [0.5, 0.6) is 0 Å². The summed E-state index contributed by atoms with van der Waals surface area (Å²) in [4.78, 5) is -0.0118. The highest BCUT2D eigenvalue weighted by molar-refractivity contribution is 7.89. The number of hydrogen-bond donors (Lipinski definition) is 2. The van der Waals surface area contributed by atoms with E-state index in [0.717, 1.165) is 19.3 Å². The molecule has 1 aromatic rings. The number of sulfonamides is 1. The first-order valence-corrected chi connectivity index (χ1v) is 8.30. The van der Waals surface area contributed by atoms with Gasteiger partial charge in [-0.25, -0.2) is 13.1 Å². The third-order valence-electron chi connectivity index (χ3n) is 4.07. The lowest BCUT2D eigenvalue weighted by atomic mass is 9.67. The highest BCUT2D eigenvalue weighted by Gasteiger charge is 2.36. The van der Waals surface area contributed by atoms with Crippen LogP contribution < -0.4 is 10.5 Å². The first kappa shape index (κ1) is 14.6. The summed E-state index contributed by atoms with van der Waals surface area (Å²) in [6, 6.07) is 4.71. The molecule has 0 heterocycles. The maximum atomic E-state index is 12.3. The van der Waals surface area contributed by atoms with Gasteiger partial charge in [-0.3, -0.25) is 0 Å². The zero-order valence-electron chi connectivity index (χ0n) is 10.9. The lowest BCUT2D eigenvalue weighted by molar-refractivity contribution is 0.133. The molecule has 2 rings (SSSR count). The van der Waals surface area contributed by atoms with Gasteiger partial charge in [-0.2, -0.15) is 0 Å². The molecule has 0 aromatic heterocycles. The van der Waals surface area contributed by atoms with Crippen molar-refractivity contribution in [1.82, 2.24) is 4.72 Å². The van der Waals surface area contributed by atoms with Crippen molar-refractivity contribution in [3.8, 4) is 0 Å². The molecule has 0 amide bonds. The molecule has 0 saturated heterocycles. The molecule has 1 aromatic carbocycles. The molecule has 6 heteroatoms. The second-order valence-electron chi connectivity index (χ2n) is 5.19. The van der Waals surface area contributed by atoms with E-state index in [9.17, 15) is 8.42 Å². The quantitative estimate of drug-likeness (QED) is 0.822. The number of nitrogens with two attached hydrogens (primary N) is 1. The maximum absolute atomic E-state index is 12.3. The lowest BCUT2D eigenvalue weighted by Crippen LogP contribution is -2.41. The Morgan fingerprint density at radius 3 is 2.58 bits per heavy atom. The molecule has 0 spiro atoms. The zero-order valence-corrected chi connectivity index (χ0v) is 12.5. The molecular formula is C13H19ClN2O2S. The topological polar surface area (TPSA) is 72.2 Å². The lowest BCUT2D eigenvalue weighted by Gasteiger charge is -2.41. The van der Waals surface area contributed by atoms with E-state index in [-0.39, 0.29) is 21.0 Å². The molecule has 1 saturated carbocycles. The predicted octanol–water partition coefficient (Wildman–Crippen LogP) is 2.78. The third kappa shape index (κ3) is 2.88. The molecule has 0 atom stereocenters. The van der Waals surface area contributed by atoms with Crippen LogP contribution >= 0.6 is 11.6 Å². The zero-order chi connectivity index (χ0) is 14.1. The molecule has 4 nitrogen and oxygen atoms in total. The summed E-state index contributed by atoms with van der Waals surface area (Å²) in [7, 11) is -3.65. The van der Waals surface area contributed by atoms with E-state index in [1.54, 1.807) is 12.1 Å². The summed E-state index contributed by atoms with van der Waals surface area (Å²) in [5, 5.41) is 0.159. The largest absolute Gasteiger partial charge is 0.398 e. The van der Waals surface area contributed by atoms with Crippen molar-refractivity contribution in [1.29, 1.82) is 0 Å². The molecule has 19 heavy (non-hydrogen) atoms. The molecule has 0 unspecified atom stereocenters. The van der Waals surface area contributed by atoms with Crippen LogP contribution in [0.25, 0.3) is 0 Å². The average molecular weight is 303 g/mol. The molecule has 1 aliphatic rings. The first-order valence-electron chi connectivity index (χ1n) is 6.44. The molecule has 0 aliphatic heterocycles. The SMILES string of the molecule is CCC1(CNS(=O)(=O)c2c(N)cccc2Cl)CCC1. The van der Waals surface area contributed by atoms with E-state index >= 15 is 0 Å². The number of anilines is 1. The third-order valence-corrected chi connectivity index (χ3v) is 6.01. The standard InChI is InChI=1S/C13H19ClN2O2S/c1-2-13(7-4-8-13)9-16-19(17,18)12-10(14)5-3-6-11(12)15/h3,5-6,16H,2,4,7-9,15H2,1H3. The van der Waals surface area contributed by atoms with Crippen LogP contribution in [0, 0.1) is 5.41 Å². The highest BCUT2D eigenvalue weighted by atomic mass is 35.5. The number of rotatable bonds is 5. The molecule has 3 N–H and O–H groups in total. The van der Waals surface area contributed by atoms with Gasteiger partial charge in [-0.15, -0.1) is 0 Å². The van der Waals surface area contributed by atoms with Crippen molar-refractivity contribution in [2.75, 3.05) is 12.3 Å². The molecule has 1 aliphatic carbocycles. The summed E-state index contributed by atoms with van der Waals surface area (Å²) in [6.45, 7) is 2.55. The van der Waals surface area contributed by atoms with Gasteiger partial charge in [0.25, 0.3) is 0 Å². The Labute approximate surface area is 119 Å². The normalized spacial score (nSPS) is 18.0. The van der Waals surface area contributed by atoms with Gasteiger partial charge in [0.2, 0.25) is 10.0 Å². The molecule has 1 fully saturated rings. The van der Waals surface area contributed by atoms with Gasteiger partial charge in [0.1, 0.15) is 4.90 Å². The minimum atomic E-state index is -3.65. The van der Waals surface area contributed by atoms with Crippen LogP contribution in [-0.4, -0.2) is 15.0 Å². The molecule has 0 radical (unpaired) electrons. The second kappa shape index (κ2) is 5.31. The minimum Gasteiger partial charge on any atom is -0.398 e. The van der Waals surface area contributed by atoms with Gasteiger partial charge < -0.3 is 5.73 Å². The van der Waals surface area contributed by atoms with Crippen LogP contribution in [0.15, 0.2) is 23.1 Å². The minimum absolute atomic E-state index is 0.0118. The molecule has 0 bridgehead atoms. The number of benzene rings is 1. The van der Waals surface area contributed by atoms with Crippen molar-refractivity contribution < 1.29 is 8.42 Å². The number of halogens is 1. The Morgan fingerprint density at radius 1 is 1.42 bits per heavy atom. The van der Waals surface area contributed by atoms with E-state index < -0.39 is 10.0 Å². The summed E-state index contributed by atoms with van der Waals surface area (Å²) >= 11 is 5.95. The molecule has 106 valence electrons. The smallest absolute Gasteiger partial charge is 0.244 e. The Bertz CT molecular complexity index is 542. The van der Waals surface area contributed by atoms with Gasteiger partial charge in [0, 0.05) is 6.54 Å². The highest BCUT2D eigenvalue weighted by Crippen LogP contribution is 2.43. The Hall–Kier alpha value is -0.780. The Kier molecular flexibility index (Phi) is 4.08. The van der Waals surface area contributed by atoms with Crippen molar-refractivity contribution in [2.24, 2.45) is 5.41 Å². The monoisotopic (exact) mass is 302 g/mol. The summed E-state index contributed by atoms with van der Waals surface area (Å²) in [6.07, 6.45) is 4.30. The summed E-state index contributed by atoms with van der Waals surface area (Å²) in [5.41, 5.74) is 6.02. The van der Waals surface area contributed by atoms with Crippen LogP contribution in [-0.2, 0) is 10.0 Å². The predicted molar refractivity (Wildman–Crippen MR) is 77.6 cm³/mol. The first-order chi connectivity index (χ1) is 8.90. The van der Waals surface area contributed by atoms with Crippen LogP contribution in [0.2, 0.25) is 5.02 Å². The number of hydrogen-bond acceptors (Lipinski definition) is 3. The summed E-state index contributed by atoms with van der Waals surface area (Å²) < 4.78 is 27.3. The molecular weight excluding hydrogens is 284 g/mol. The van der Waals surface area contributed by atoms with E-state index in [0.29, 0.717) is 6.54 Å². The number of nitrogen functional groups attached to an aromatic ring is 1. The average Bonchev–Trinajstić information content (AvgIpc) is 2.27. The fraction of sp³-hybridized carbons (Fsp3) is 0.538. The van der Waals surface area contributed by atoms with Crippen molar-refractivity contribution in [3.05, 3.63) is 23.2 Å². The van der Waals surface area contributed by atoms with Gasteiger partial charge in [-0.05, 0) is 36.8 Å². The van der Waals surface area contributed by atoms with Gasteiger partial charge >= 0.3 is 0 Å². The van der Waals surface area contributed by atoms with E-state index in [2.05, 4.69) is 11.6 Å². The fourth-order valence-corrected chi connectivity index (χ4v) is 4.29. The van der Waals surface area contributed by atoms with Crippen molar-refractivity contribution in [3.63, 3.8) is 0 Å². The van der Waals surface area contributed by atoms with Crippen LogP contribution in [0.4, 0.5) is 5.69 Å². The van der Waals surface area contributed by atoms with Crippen molar-refractivity contribution >= 4 is 27.3 Å². The Morgan fingerprint density at radius 2 is 2.11 bits per heavy atom. The van der Waals surface area contributed by atoms with Crippen LogP contribution in [0.3, 0.4) is 0 Å². The second-order valence-corrected chi connectivity index (χ2v) is 7.30. The Balaban J connectivity index is 2.19. The van der Waals surface area contributed by atoms with Crippen molar-refractivity contribution in [2.45, 2.75) is 37.5 Å². The van der Waals surface area contributed by atoms with Gasteiger partial charge in [-0.1, -0.05) is 31.0 Å². The maximum Gasteiger partial charge on any atom is 0.244 e. The van der Waals surface area contributed by atoms with E-state index in [1.165, 1.54) is 12.5 Å². The summed E-state index contributed by atoms with van der Waals surface area (Å²) in [5.74, 6) is 0. The van der Waals surface area contributed by atoms with Gasteiger partial charge in [0.05, 0.1) is 10.7 Å².